The molecule has 4 nitrogen and oxygen atoms in total. The predicted molar refractivity (Wildman–Crippen MR) is 136 cm³/mol. The van der Waals surface area contributed by atoms with E-state index in [1.807, 2.05) is 19.9 Å². The highest BCUT2D eigenvalue weighted by molar-refractivity contribution is 7.63. The summed E-state index contributed by atoms with van der Waals surface area (Å²) in [4.78, 5) is 13.2. The van der Waals surface area contributed by atoms with Crippen LogP contribution >= 0.6 is 19.5 Å². The van der Waals surface area contributed by atoms with Crippen LogP contribution < -0.4 is 10.8 Å². The number of rotatable bonds is 5. The maximum Gasteiger partial charge on any atom is 0.163 e. The SMILES string of the molecule is CC.Cc1nc2cc(F)c(-c3ccc(P(C)C)nc3)nc2c(NCc2cccc(F)c2F)c1Cl. The first-order valence-corrected chi connectivity index (χ1v) is 13.3. The molecule has 1 aromatic carbocycles. The van der Waals surface area contributed by atoms with E-state index in [0.29, 0.717) is 28.0 Å². The van der Waals surface area contributed by atoms with Crippen LogP contribution in [0.3, 0.4) is 0 Å². The summed E-state index contributed by atoms with van der Waals surface area (Å²) in [5.74, 6) is -2.42. The molecule has 4 aromatic rings. The van der Waals surface area contributed by atoms with Gasteiger partial charge in [-0.3, -0.25) is 4.98 Å². The molecule has 3 aromatic heterocycles. The minimum Gasteiger partial charge on any atom is -0.378 e. The number of nitrogens with zero attached hydrogens (tertiary/aromatic N) is 3. The van der Waals surface area contributed by atoms with Gasteiger partial charge in [0, 0.05) is 29.9 Å². The van der Waals surface area contributed by atoms with Gasteiger partial charge in [-0.15, -0.1) is 0 Å². The van der Waals surface area contributed by atoms with Gasteiger partial charge in [0.1, 0.15) is 11.2 Å². The molecular formula is C25H25ClF3N4P. The highest BCUT2D eigenvalue weighted by atomic mass is 35.5. The van der Waals surface area contributed by atoms with Crippen molar-refractivity contribution in [1.82, 2.24) is 15.0 Å². The fourth-order valence-electron chi connectivity index (χ4n) is 3.29. The molecule has 1 N–H and O–H groups in total. The Balaban J connectivity index is 0.00000158. The predicted octanol–water partition coefficient (Wildman–Crippen LogP) is 7.08. The molecule has 4 rings (SSSR count). The molecule has 0 fully saturated rings. The fourth-order valence-corrected chi connectivity index (χ4v) is 4.15. The molecule has 0 saturated heterocycles. The van der Waals surface area contributed by atoms with Crippen LogP contribution in [-0.2, 0) is 6.54 Å². The monoisotopic (exact) mass is 504 g/mol. The molecule has 0 aliphatic carbocycles. The van der Waals surface area contributed by atoms with Gasteiger partial charge in [0.05, 0.1) is 27.4 Å². The highest BCUT2D eigenvalue weighted by Crippen LogP contribution is 2.34. The minimum atomic E-state index is -0.941. The Labute approximate surface area is 203 Å². The zero-order valence-electron chi connectivity index (χ0n) is 19.5. The van der Waals surface area contributed by atoms with Gasteiger partial charge in [-0.05, 0) is 38.5 Å². The lowest BCUT2D eigenvalue weighted by Gasteiger charge is -2.15. The Kier molecular flexibility index (Phi) is 8.45. The van der Waals surface area contributed by atoms with Crippen LogP contribution in [0.2, 0.25) is 5.02 Å². The van der Waals surface area contributed by atoms with Crippen LogP contribution in [-0.4, -0.2) is 28.3 Å². The zero-order chi connectivity index (χ0) is 25.0. The minimum absolute atomic E-state index is 0.0386. The van der Waals surface area contributed by atoms with Crippen LogP contribution in [0, 0.1) is 24.4 Å². The fraction of sp³-hybridized carbons (Fsp3) is 0.240. The van der Waals surface area contributed by atoms with Crippen molar-refractivity contribution in [1.29, 1.82) is 0 Å². The molecule has 0 unspecified atom stereocenters. The number of halogens is 4. The number of aryl methyl sites for hydroxylation is 1. The first kappa shape index (κ1) is 25.9. The van der Waals surface area contributed by atoms with E-state index in [0.717, 1.165) is 11.5 Å². The Morgan fingerprint density at radius 2 is 1.74 bits per heavy atom. The molecular weight excluding hydrogens is 480 g/mol. The van der Waals surface area contributed by atoms with Gasteiger partial charge < -0.3 is 5.32 Å². The molecule has 178 valence electrons. The van der Waals surface area contributed by atoms with Crippen LogP contribution in [0.1, 0.15) is 25.1 Å². The number of aromatic nitrogens is 3. The topological polar surface area (TPSA) is 50.7 Å². The van der Waals surface area contributed by atoms with Crippen molar-refractivity contribution in [3.05, 3.63) is 76.3 Å². The van der Waals surface area contributed by atoms with Gasteiger partial charge in [-0.2, -0.15) is 0 Å². The first-order valence-electron chi connectivity index (χ1n) is 10.7. The largest absolute Gasteiger partial charge is 0.378 e. The van der Waals surface area contributed by atoms with Gasteiger partial charge in [0.2, 0.25) is 0 Å². The van der Waals surface area contributed by atoms with Gasteiger partial charge in [-0.25, -0.2) is 23.1 Å². The average Bonchev–Trinajstić information content (AvgIpc) is 2.83. The third kappa shape index (κ3) is 5.31. The highest BCUT2D eigenvalue weighted by Gasteiger charge is 2.18. The quantitative estimate of drug-likeness (QED) is 0.295. The van der Waals surface area contributed by atoms with Crippen molar-refractivity contribution < 1.29 is 13.2 Å². The summed E-state index contributed by atoms with van der Waals surface area (Å²) in [7, 11) is -0.378. The smallest absolute Gasteiger partial charge is 0.163 e. The van der Waals surface area contributed by atoms with E-state index in [1.54, 1.807) is 19.2 Å². The third-order valence-electron chi connectivity index (χ3n) is 4.98. The average molecular weight is 505 g/mol. The van der Waals surface area contributed by atoms with Crippen molar-refractivity contribution in [2.45, 2.75) is 27.3 Å². The molecule has 0 radical (unpaired) electrons. The van der Waals surface area contributed by atoms with Crippen molar-refractivity contribution in [2.24, 2.45) is 0 Å². The zero-order valence-corrected chi connectivity index (χ0v) is 21.2. The lowest BCUT2D eigenvalue weighted by atomic mass is 10.1. The molecule has 0 aliphatic rings. The Hall–Kier alpha value is -2.76. The third-order valence-corrected chi connectivity index (χ3v) is 6.63. The molecule has 0 amide bonds. The Bertz CT molecular complexity index is 1310. The van der Waals surface area contributed by atoms with Gasteiger partial charge in [-0.1, -0.05) is 45.5 Å². The van der Waals surface area contributed by atoms with E-state index in [4.69, 9.17) is 11.6 Å². The van der Waals surface area contributed by atoms with Crippen molar-refractivity contribution >= 4 is 41.7 Å². The molecule has 0 aliphatic heterocycles. The maximum atomic E-state index is 14.9. The van der Waals surface area contributed by atoms with E-state index < -0.39 is 17.5 Å². The molecule has 0 spiro atoms. The summed E-state index contributed by atoms with van der Waals surface area (Å²) >= 11 is 6.47. The molecule has 9 heteroatoms. The molecule has 34 heavy (non-hydrogen) atoms. The van der Waals surface area contributed by atoms with Crippen LogP contribution in [0.5, 0.6) is 0 Å². The standard InChI is InChI=1S/C23H19ClF3N4P.C2H6/c1-12-19(24)23(29-10-13-5-4-6-15(25)20(13)27)22-17(30-12)9-16(26)21(31-22)14-7-8-18(28-11-14)32(2)3;1-2/h4-9,11H,10H2,1-3H3,(H,29,30);1-2H3. The van der Waals surface area contributed by atoms with Crippen molar-refractivity contribution in [2.75, 3.05) is 18.6 Å². The summed E-state index contributed by atoms with van der Waals surface area (Å²) in [5.41, 5.74) is 3.15. The number of hydrogen-bond acceptors (Lipinski definition) is 4. The second-order valence-corrected chi connectivity index (χ2v) is 10.1. The Morgan fingerprint density at radius 1 is 1.00 bits per heavy atom. The number of pyridine rings is 3. The summed E-state index contributed by atoms with van der Waals surface area (Å²) in [5, 5.41) is 3.30. The number of nitrogens with one attached hydrogen (secondary N) is 1. The number of anilines is 1. The van der Waals surface area contributed by atoms with Crippen LogP contribution in [0.4, 0.5) is 18.9 Å². The van der Waals surface area contributed by atoms with Crippen LogP contribution in [0.25, 0.3) is 22.3 Å². The van der Waals surface area contributed by atoms with Crippen LogP contribution in [0.15, 0.2) is 42.6 Å². The molecule has 0 atom stereocenters. The normalized spacial score (nSPS) is 10.9. The van der Waals surface area contributed by atoms with Gasteiger partial charge >= 0.3 is 0 Å². The second kappa shape index (κ2) is 11.1. The van der Waals surface area contributed by atoms with Crippen molar-refractivity contribution in [3.63, 3.8) is 0 Å². The van der Waals surface area contributed by atoms with Gasteiger partial charge in [0.15, 0.2) is 17.5 Å². The van der Waals surface area contributed by atoms with E-state index in [-0.39, 0.29) is 30.7 Å². The number of fused-ring (bicyclic) bond motifs is 1. The summed E-state index contributed by atoms with van der Waals surface area (Å²) in [6.45, 7) is 9.81. The molecule has 0 bridgehead atoms. The lowest BCUT2D eigenvalue weighted by Crippen LogP contribution is -2.07. The van der Waals surface area contributed by atoms with E-state index in [1.165, 1.54) is 18.2 Å². The summed E-state index contributed by atoms with van der Waals surface area (Å²) in [6.07, 6.45) is 1.59. The van der Waals surface area contributed by atoms with E-state index >= 15 is 0 Å². The summed E-state index contributed by atoms with van der Waals surface area (Å²) < 4.78 is 42.6. The maximum absolute atomic E-state index is 14.9. The Morgan fingerprint density at radius 3 is 2.38 bits per heavy atom. The lowest BCUT2D eigenvalue weighted by molar-refractivity contribution is 0.500. The number of hydrogen-bond donors (Lipinski definition) is 1. The van der Waals surface area contributed by atoms with Gasteiger partial charge in [0.25, 0.3) is 0 Å². The van der Waals surface area contributed by atoms with E-state index in [9.17, 15) is 13.2 Å². The first-order chi connectivity index (χ1) is 16.3. The van der Waals surface area contributed by atoms with E-state index in [2.05, 4.69) is 33.6 Å². The molecule has 0 saturated carbocycles. The summed E-state index contributed by atoms with van der Waals surface area (Å²) in [6, 6.07) is 8.87. The molecule has 3 heterocycles. The second-order valence-electron chi connectivity index (χ2n) is 7.44. The van der Waals surface area contributed by atoms with Crippen molar-refractivity contribution in [3.8, 4) is 11.3 Å². The number of benzene rings is 1.